The molecule has 1 rings (SSSR count). The lowest BCUT2D eigenvalue weighted by Crippen LogP contribution is -1.89. The van der Waals surface area contributed by atoms with Gasteiger partial charge < -0.3 is 0 Å². The average Bonchev–Trinajstić information content (AvgIpc) is 1.96. The van der Waals surface area contributed by atoms with Gasteiger partial charge in [-0.15, -0.1) is 0 Å². The molecule has 1 aromatic rings. The first kappa shape index (κ1) is 9.31. The summed E-state index contributed by atoms with van der Waals surface area (Å²) in [5, 5.41) is 8.76. The molecule has 0 bridgehead atoms. The van der Waals surface area contributed by atoms with Crippen LogP contribution in [-0.2, 0) is 6.42 Å². The minimum absolute atomic E-state index is 0.0398. The van der Waals surface area contributed by atoms with E-state index in [0.29, 0.717) is 0 Å². The van der Waals surface area contributed by atoms with E-state index in [1.807, 2.05) is 6.07 Å². The van der Waals surface area contributed by atoms with Crippen LogP contribution in [0.1, 0.15) is 5.56 Å². The number of nitriles is 1. The normalized spacial score (nSPS) is 9.50. The van der Waals surface area contributed by atoms with E-state index in [1.54, 1.807) is 0 Å². The molecule has 0 atom stereocenters. The summed E-state index contributed by atoms with van der Waals surface area (Å²) < 4.78 is 13.0. The summed E-state index contributed by atoms with van der Waals surface area (Å²) in [6, 6.07) is 4.37. The van der Waals surface area contributed by atoms with Crippen molar-refractivity contribution in [2.75, 3.05) is 0 Å². The fourth-order valence-corrected chi connectivity index (χ4v) is 1.36. The maximum Gasteiger partial charge on any atom is 0.130 e. The smallest absolute Gasteiger partial charge is 0.130 e. The zero-order valence-electron chi connectivity index (χ0n) is 5.94. The van der Waals surface area contributed by atoms with E-state index in [4.69, 9.17) is 28.5 Å². The topological polar surface area (TPSA) is 23.8 Å². The molecule has 0 aromatic heterocycles. The Hall–Kier alpha value is -0.780. The quantitative estimate of drug-likeness (QED) is 0.688. The summed E-state index contributed by atoms with van der Waals surface area (Å²) in [7, 11) is 0. The van der Waals surface area contributed by atoms with Crippen molar-refractivity contribution in [1.29, 1.82) is 5.26 Å². The molecule has 0 aliphatic rings. The molecular formula is C8H4Cl2FN. The molecule has 4 heteroatoms. The second-order valence-electron chi connectivity index (χ2n) is 2.18. The van der Waals surface area contributed by atoms with Crippen molar-refractivity contribution >= 4 is 23.2 Å². The molecule has 0 spiro atoms. The van der Waals surface area contributed by atoms with E-state index in [9.17, 15) is 4.39 Å². The molecule has 0 amide bonds. The van der Waals surface area contributed by atoms with Crippen molar-refractivity contribution in [3.05, 3.63) is 33.6 Å². The Morgan fingerprint density at radius 3 is 2.58 bits per heavy atom. The van der Waals surface area contributed by atoms with Gasteiger partial charge in [0.2, 0.25) is 0 Å². The van der Waals surface area contributed by atoms with Crippen LogP contribution in [0.5, 0.6) is 0 Å². The fraction of sp³-hybridized carbons (Fsp3) is 0.125. The lowest BCUT2D eigenvalue weighted by molar-refractivity contribution is 0.615. The monoisotopic (exact) mass is 203 g/mol. The summed E-state index contributed by atoms with van der Waals surface area (Å²) in [5.41, 5.74) is 0.198. The molecule has 1 nitrogen and oxygen atoms in total. The van der Waals surface area contributed by atoms with Crippen LogP contribution < -0.4 is 0 Å². The third-order valence-electron chi connectivity index (χ3n) is 1.36. The lowest BCUT2D eigenvalue weighted by atomic mass is 10.1. The lowest BCUT2D eigenvalue weighted by Gasteiger charge is -2.01. The van der Waals surface area contributed by atoms with Gasteiger partial charge in [0.05, 0.1) is 12.5 Å². The third-order valence-corrected chi connectivity index (χ3v) is 1.92. The third kappa shape index (κ3) is 1.88. The van der Waals surface area contributed by atoms with Crippen LogP contribution in [0.3, 0.4) is 0 Å². The highest BCUT2D eigenvalue weighted by Gasteiger charge is 2.07. The van der Waals surface area contributed by atoms with Crippen LogP contribution in [-0.4, -0.2) is 0 Å². The van der Waals surface area contributed by atoms with Crippen LogP contribution in [0.2, 0.25) is 10.0 Å². The fourth-order valence-electron chi connectivity index (χ4n) is 0.820. The van der Waals surface area contributed by atoms with E-state index in [0.717, 1.165) is 6.07 Å². The van der Waals surface area contributed by atoms with Crippen LogP contribution in [0.25, 0.3) is 0 Å². The van der Waals surface area contributed by atoms with Crippen LogP contribution in [0, 0.1) is 17.1 Å². The number of halogens is 3. The predicted octanol–water partition coefficient (Wildman–Crippen LogP) is 3.20. The first-order chi connectivity index (χ1) is 5.65. The molecule has 0 saturated carbocycles. The first-order valence-electron chi connectivity index (χ1n) is 3.15. The second-order valence-corrected chi connectivity index (χ2v) is 3.03. The van der Waals surface area contributed by atoms with Crippen molar-refractivity contribution < 1.29 is 4.39 Å². The minimum Gasteiger partial charge on any atom is -0.207 e. The molecule has 1 aromatic carbocycles. The highest BCUT2D eigenvalue weighted by molar-refractivity contribution is 6.35. The van der Waals surface area contributed by atoms with Gasteiger partial charge in [0.15, 0.2) is 0 Å². The van der Waals surface area contributed by atoms with Gasteiger partial charge in [0.25, 0.3) is 0 Å². The van der Waals surface area contributed by atoms with Crippen LogP contribution >= 0.6 is 23.2 Å². The molecule has 0 fully saturated rings. The Morgan fingerprint density at radius 2 is 2.08 bits per heavy atom. The van der Waals surface area contributed by atoms with E-state index in [1.165, 1.54) is 6.07 Å². The number of hydrogen-bond donors (Lipinski definition) is 0. The summed E-state index contributed by atoms with van der Waals surface area (Å²) in [6.45, 7) is 0. The molecule has 0 aliphatic carbocycles. The molecule has 0 aliphatic heterocycles. The SMILES string of the molecule is N#CCc1c(F)cc(Cl)cc1Cl. The Morgan fingerprint density at radius 1 is 1.42 bits per heavy atom. The minimum atomic E-state index is -0.533. The van der Waals surface area contributed by atoms with E-state index in [2.05, 4.69) is 0 Å². The van der Waals surface area contributed by atoms with Gasteiger partial charge in [0, 0.05) is 15.6 Å². The maximum atomic E-state index is 13.0. The zero-order valence-corrected chi connectivity index (χ0v) is 7.45. The number of hydrogen-bond acceptors (Lipinski definition) is 1. The molecule has 0 N–H and O–H groups in total. The van der Waals surface area contributed by atoms with Crippen LogP contribution in [0.4, 0.5) is 4.39 Å². The zero-order chi connectivity index (χ0) is 9.14. The van der Waals surface area contributed by atoms with Crippen molar-refractivity contribution in [2.24, 2.45) is 0 Å². The Labute approximate surface area is 79.3 Å². The van der Waals surface area contributed by atoms with E-state index < -0.39 is 5.82 Å². The molecule has 0 radical (unpaired) electrons. The van der Waals surface area contributed by atoms with Crippen molar-refractivity contribution in [1.82, 2.24) is 0 Å². The average molecular weight is 204 g/mol. The van der Waals surface area contributed by atoms with Gasteiger partial charge in [-0.1, -0.05) is 23.2 Å². The molecule has 0 saturated heterocycles. The van der Waals surface area contributed by atoms with Crippen LogP contribution in [0.15, 0.2) is 12.1 Å². The summed E-state index contributed by atoms with van der Waals surface area (Å²) in [5.74, 6) is -0.533. The van der Waals surface area contributed by atoms with Gasteiger partial charge in [-0.3, -0.25) is 0 Å². The second kappa shape index (κ2) is 3.75. The summed E-state index contributed by atoms with van der Waals surface area (Å²) in [6.07, 6.45) is -0.0398. The molecule has 12 heavy (non-hydrogen) atoms. The van der Waals surface area contributed by atoms with Crippen molar-refractivity contribution in [3.8, 4) is 6.07 Å². The van der Waals surface area contributed by atoms with Gasteiger partial charge in [0.1, 0.15) is 5.82 Å². The Bertz CT molecular complexity index is 320. The number of nitrogens with zero attached hydrogens (tertiary/aromatic N) is 1. The van der Waals surface area contributed by atoms with Gasteiger partial charge in [-0.2, -0.15) is 5.26 Å². The highest BCUT2D eigenvalue weighted by atomic mass is 35.5. The highest BCUT2D eigenvalue weighted by Crippen LogP contribution is 2.24. The molecule has 0 heterocycles. The first-order valence-corrected chi connectivity index (χ1v) is 3.91. The van der Waals surface area contributed by atoms with E-state index in [-0.39, 0.29) is 22.0 Å². The standard InChI is InChI=1S/C8H4Cl2FN/c9-5-3-7(10)6(1-2-12)8(11)4-5/h3-4H,1H2. The van der Waals surface area contributed by atoms with Gasteiger partial charge in [-0.25, -0.2) is 4.39 Å². The molecule has 0 unspecified atom stereocenters. The van der Waals surface area contributed by atoms with E-state index >= 15 is 0 Å². The van der Waals surface area contributed by atoms with Gasteiger partial charge >= 0.3 is 0 Å². The molecule has 62 valence electrons. The van der Waals surface area contributed by atoms with Crippen molar-refractivity contribution in [2.45, 2.75) is 6.42 Å². The molecular weight excluding hydrogens is 200 g/mol. The largest absolute Gasteiger partial charge is 0.207 e. The summed E-state index contributed by atoms with van der Waals surface area (Å²) >= 11 is 11.2. The summed E-state index contributed by atoms with van der Waals surface area (Å²) in [4.78, 5) is 0. The van der Waals surface area contributed by atoms with Crippen molar-refractivity contribution in [3.63, 3.8) is 0 Å². The van der Waals surface area contributed by atoms with Gasteiger partial charge in [-0.05, 0) is 12.1 Å². The number of benzene rings is 1. The Balaban J connectivity index is 3.21. The number of rotatable bonds is 1. The Kier molecular flexibility index (Phi) is 2.91. The predicted molar refractivity (Wildman–Crippen MR) is 45.7 cm³/mol. The maximum absolute atomic E-state index is 13.0.